The molecule has 0 radical (unpaired) electrons. The molecule has 1 aromatic rings. The average Bonchev–Trinajstić information content (AvgIpc) is 2.18. The quantitative estimate of drug-likeness (QED) is 0.893. The Hall–Kier alpha value is -0.480. The normalized spacial score (nSPS) is 11.7. The molecule has 0 heterocycles. The van der Waals surface area contributed by atoms with Gasteiger partial charge in [-0.3, -0.25) is 4.79 Å². The minimum absolute atomic E-state index is 0. The van der Waals surface area contributed by atoms with Crippen LogP contribution in [0, 0.1) is 5.92 Å². The van der Waals surface area contributed by atoms with Gasteiger partial charge in [-0.05, 0) is 30.2 Å². The lowest BCUT2D eigenvalue weighted by Crippen LogP contribution is -2.25. The molecule has 0 bridgehead atoms. The van der Waals surface area contributed by atoms with Crippen molar-refractivity contribution in [2.45, 2.75) is 6.42 Å². The van der Waals surface area contributed by atoms with E-state index in [1.165, 1.54) is 0 Å². The fourth-order valence-corrected chi connectivity index (χ4v) is 1.63. The fourth-order valence-electron chi connectivity index (χ4n) is 1.24. The summed E-state index contributed by atoms with van der Waals surface area (Å²) in [5.41, 5.74) is 6.06. The number of aliphatic carboxylic acids is 1. The largest absolute Gasteiger partial charge is 0.481 e. The van der Waals surface area contributed by atoms with Crippen molar-refractivity contribution in [2.75, 3.05) is 6.54 Å². The molecular formula is C10H12Cl3NO2. The molecule has 0 unspecified atom stereocenters. The SMILES string of the molecule is Cl.NC[C@@H](Cc1cc(Cl)ccc1Cl)C(=O)O. The standard InChI is InChI=1S/C10H11Cl2NO2.ClH/c11-8-1-2-9(12)6(4-8)3-7(5-13)10(14)15;/h1-2,4,7H,3,5,13H2,(H,14,15);1H/t7-;/m1./s1. The lowest BCUT2D eigenvalue weighted by molar-refractivity contribution is -0.141. The molecule has 16 heavy (non-hydrogen) atoms. The van der Waals surface area contributed by atoms with E-state index in [0.29, 0.717) is 22.0 Å². The van der Waals surface area contributed by atoms with E-state index in [-0.39, 0.29) is 19.0 Å². The molecule has 90 valence electrons. The molecule has 0 fully saturated rings. The molecule has 6 heteroatoms. The smallest absolute Gasteiger partial charge is 0.308 e. The topological polar surface area (TPSA) is 63.3 Å². The molecule has 1 rings (SSSR count). The Morgan fingerprint density at radius 2 is 2.06 bits per heavy atom. The molecule has 0 saturated carbocycles. The van der Waals surface area contributed by atoms with Crippen molar-refractivity contribution in [2.24, 2.45) is 11.7 Å². The number of hydrogen-bond donors (Lipinski definition) is 2. The van der Waals surface area contributed by atoms with Gasteiger partial charge in [-0.2, -0.15) is 0 Å². The van der Waals surface area contributed by atoms with E-state index in [9.17, 15) is 4.79 Å². The summed E-state index contributed by atoms with van der Waals surface area (Å²) in [6.07, 6.45) is 0.297. The third kappa shape index (κ3) is 4.18. The number of benzene rings is 1. The van der Waals surface area contributed by atoms with Crippen LogP contribution in [0.4, 0.5) is 0 Å². The van der Waals surface area contributed by atoms with Crippen LogP contribution in [0.25, 0.3) is 0 Å². The van der Waals surface area contributed by atoms with E-state index in [2.05, 4.69) is 0 Å². The zero-order valence-electron chi connectivity index (χ0n) is 8.32. The number of rotatable bonds is 4. The highest BCUT2D eigenvalue weighted by Gasteiger charge is 2.17. The van der Waals surface area contributed by atoms with Gasteiger partial charge in [0.25, 0.3) is 0 Å². The van der Waals surface area contributed by atoms with Crippen molar-refractivity contribution in [3.05, 3.63) is 33.8 Å². The van der Waals surface area contributed by atoms with Crippen molar-refractivity contribution in [3.8, 4) is 0 Å². The van der Waals surface area contributed by atoms with Crippen LogP contribution in [0.2, 0.25) is 10.0 Å². The molecule has 0 aliphatic heterocycles. The summed E-state index contributed by atoms with van der Waals surface area (Å²) in [6.45, 7) is 0.0815. The molecule has 1 atom stereocenters. The van der Waals surface area contributed by atoms with Gasteiger partial charge in [-0.1, -0.05) is 23.2 Å². The Morgan fingerprint density at radius 1 is 1.44 bits per heavy atom. The first kappa shape index (κ1) is 15.5. The van der Waals surface area contributed by atoms with E-state index in [1.807, 2.05) is 0 Å². The molecule has 0 spiro atoms. The Bertz CT molecular complexity index is 371. The summed E-state index contributed by atoms with van der Waals surface area (Å²) in [4.78, 5) is 10.8. The maximum absolute atomic E-state index is 10.8. The van der Waals surface area contributed by atoms with Crippen LogP contribution in [-0.2, 0) is 11.2 Å². The minimum atomic E-state index is -0.923. The van der Waals surface area contributed by atoms with Crippen molar-refractivity contribution in [3.63, 3.8) is 0 Å². The first-order valence-corrected chi connectivity index (χ1v) is 5.17. The second-order valence-corrected chi connectivity index (χ2v) is 4.05. The van der Waals surface area contributed by atoms with Crippen molar-refractivity contribution < 1.29 is 9.90 Å². The number of carboxylic acid groups (broad SMARTS) is 1. The van der Waals surface area contributed by atoms with Gasteiger partial charge in [0.05, 0.1) is 5.92 Å². The van der Waals surface area contributed by atoms with Crippen LogP contribution < -0.4 is 5.73 Å². The Kier molecular flexibility index (Phi) is 6.76. The molecule has 1 aromatic carbocycles. The van der Waals surface area contributed by atoms with Crippen molar-refractivity contribution in [1.82, 2.24) is 0 Å². The number of hydrogen-bond acceptors (Lipinski definition) is 2. The first-order chi connectivity index (χ1) is 7.04. The van der Waals surface area contributed by atoms with E-state index >= 15 is 0 Å². The van der Waals surface area contributed by atoms with Gasteiger partial charge in [0.2, 0.25) is 0 Å². The summed E-state index contributed by atoms with van der Waals surface area (Å²) >= 11 is 11.7. The molecule has 3 N–H and O–H groups in total. The number of halogens is 3. The van der Waals surface area contributed by atoms with E-state index in [4.69, 9.17) is 34.0 Å². The van der Waals surface area contributed by atoms with Crippen LogP contribution in [0.1, 0.15) is 5.56 Å². The van der Waals surface area contributed by atoms with Gasteiger partial charge in [0.1, 0.15) is 0 Å². The highest BCUT2D eigenvalue weighted by Crippen LogP contribution is 2.23. The zero-order valence-corrected chi connectivity index (χ0v) is 10.6. The Morgan fingerprint density at radius 3 is 2.56 bits per heavy atom. The van der Waals surface area contributed by atoms with E-state index < -0.39 is 11.9 Å². The highest BCUT2D eigenvalue weighted by atomic mass is 35.5. The lowest BCUT2D eigenvalue weighted by atomic mass is 10.00. The maximum Gasteiger partial charge on any atom is 0.308 e. The third-order valence-electron chi connectivity index (χ3n) is 2.11. The van der Waals surface area contributed by atoms with Crippen LogP contribution in [-0.4, -0.2) is 17.6 Å². The lowest BCUT2D eigenvalue weighted by Gasteiger charge is -2.11. The number of nitrogens with two attached hydrogens (primary N) is 1. The molecular weight excluding hydrogens is 272 g/mol. The highest BCUT2D eigenvalue weighted by molar-refractivity contribution is 6.33. The molecule has 0 aromatic heterocycles. The number of carboxylic acids is 1. The van der Waals surface area contributed by atoms with Gasteiger partial charge in [0, 0.05) is 16.6 Å². The summed E-state index contributed by atoms with van der Waals surface area (Å²) in [7, 11) is 0. The van der Waals surface area contributed by atoms with Gasteiger partial charge < -0.3 is 10.8 Å². The summed E-state index contributed by atoms with van der Waals surface area (Å²) in [5.74, 6) is -1.55. The fraction of sp³-hybridized carbons (Fsp3) is 0.300. The molecule has 0 amide bonds. The maximum atomic E-state index is 10.8. The molecule has 0 aliphatic carbocycles. The van der Waals surface area contributed by atoms with Crippen LogP contribution >= 0.6 is 35.6 Å². The van der Waals surface area contributed by atoms with Gasteiger partial charge >= 0.3 is 5.97 Å². The van der Waals surface area contributed by atoms with E-state index in [0.717, 1.165) is 0 Å². The zero-order chi connectivity index (χ0) is 11.4. The summed E-state index contributed by atoms with van der Waals surface area (Å²) in [6, 6.07) is 4.97. The third-order valence-corrected chi connectivity index (χ3v) is 2.71. The van der Waals surface area contributed by atoms with Gasteiger partial charge in [-0.15, -0.1) is 12.4 Å². The van der Waals surface area contributed by atoms with E-state index in [1.54, 1.807) is 18.2 Å². The molecule has 0 aliphatic rings. The van der Waals surface area contributed by atoms with Gasteiger partial charge in [-0.25, -0.2) is 0 Å². The Labute approximate surface area is 110 Å². The van der Waals surface area contributed by atoms with Crippen molar-refractivity contribution >= 4 is 41.6 Å². The summed E-state index contributed by atoms with van der Waals surface area (Å²) in [5, 5.41) is 9.89. The predicted octanol–water partition coefficient (Wildman–Crippen LogP) is 2.62. The second kappa shape index (κ2) is 6.97. The minimum Gasteiger partial charge on any atom is -0.481 e. The molecule has 3 nitrogen and oxygen atoms in total. The predicted molar refractivity (Wildman–Crippen MR) is 67.6 cm³/mol. The van der Waals surface area contributed by atoms with Crippen LogP contribution in [0.15, 0.2) is 18.2 Å². The number of carbonyl (C=O) groups is 1. The van der Waals surface area contributed by atoms with Crippen molar-refractivity contribution in [1.29, 1.82) is 0 Å². The monoisotopic (exact) mass is 283 g/mol. The average molecular weight is 285 g/mol. The molecule has 0 saturated heterocycles. The van der Waals surface area contributed by atoms with Crippen LogP contribution in [0.5, 0.6) is 0 Å². The first-order valence-electron chi connectivity index (χ1n) is 4.41. The van der Waals surface area contributed by atoms with Crippen LogP contribution in [0.3, 0.4) is 0 Å². The summed E-state index contributed by atoms with van der Waals surface area (Å²) < 4.78 is 0. The Balaban J connectivity index is 0.00000225. The second-order valence-electron chi connectivity index (χ2n) is 3.21. The van der Waals surface area contributed by atoms with Gasteiger partial charge in [0.15, 0.2) is 0 Å².